The zero-order valence-electron chi connectivity index (χ0n) is 12.2. The van der Waals surface area contributed by atoms with Gasteiger partial charge < -0.3 is 5.73 Å². The van der Waals surface area contributed by atoms with E-state index in [9.17, 15) is 0 Å². The van der Waals surface area contributed by atoms with Crippen LogP contribution in [0, 0.1) is 19.3 Å². The summed E-state index contributed by atoms with van der Waals surface area (Å²) < 4.78 is 1.59. The molecule has 0 aliphatic rings. The molecule has 0 bridgehead atoms. The highest BCUT2D eigenvalue weighted by Gasteiger charge is 2.20. The maximum atomic E-state index is 7.87. The summed E-state index contributed by atoms with van der Waals surface area (Å²) in [7, 11) is 0. The van der Waals surface area contributed by atoms with Crippen molar-refractivity contribution in [2.45, 2.75) is 40.5 Å². The highest BCUT2D eigenvalue weighted by molar-refractivity contribution is 5.99. The van der Waals surface area contributed by atoms with E-state index in [1.165, 1.54) is 0 Å². The Morgan fingerprint density at radius 3 is 2.35 bits per heavy atom. The van der Waals surface area contributed by atoms with Gasteiger partial charge in [0.2, 0.25) is 0 Å². The van der Waals surface area contributed by atoms with Gasteiger partial charge >= 0.3 is 0 Å². The SMILES string of the molecule is CCc1nnc(-n2nc(C)nc2C)c(C(=N)N)c1CC. The van der Waals surface area contributed by atoms with Crippen molar-refractivity contribution < 1.29 is 0 Å². The molecule has 0 saturated heterocycles. The summed E-state index contributed by atoms with van der Waals surface area (Å²) in [5, 5.41) is 20.6. The maximum Gasteiger partial charge on any atom is 0.188 e. The lowest BCUT2D eigenvalue weighted by atomic mass is 10.0. The van der Waals surface area contributed by atoms with Gasteiger partial charge in [-0.05, 0) is 32.3 Å². The van der Waals surface area contributed by atoms with Gasteiger partial charge in [-0.25, -0.2) is 4.98 Å². The standard InChI is InChI=1S/C13H19N7/c1-5-9-10(6-2)17-18-13(11(9)12(14)15)20-8(4)16-7(3)19-20/h5-6H2,1-4H3,(H3,14,15). The van der Waals surface area contributed by atoms with Crippen molar-refractivity contribution in [3.63, 3.8) is 0 Å². The summed E-state index contributed by atoms with van der Waals surface area (Å²) in [6, 6.07) is 0. The quantitative estimate of drug-likeness (QED) is 0.640. The summed E-state index contributed by atoms with van der Waals surface area (Å²) in [5.41, 5.74) is 8.19. The number of aromatic nitrogens is 5. The van der Waals surface area contributed by atoms with Crippen LogP contribution in [0.25, 0.3) is 5.82 Å². The summed E-state index contributed by atoms with van der Waals surface area (Å²) >= 11 is 0. The largest absolute Gasteiger partial charge is 0.384 e. The fourth-order valence-corrected chi connectivity index (χ4v) is 2.32. The fourth-order valence-electron chi connectivity index (χ4n) is 2.32. The van der Waals surface area contributed by atoms with Gasteiger partial charge in [0.15, 0.2) is 5.82 Å². The molecule has 0 fully saturated rings. The number of nitrogens with zero attached hydrogens (tertiary/aromatic N) is 5. The van der Waals surface area contributed by atoms with E-state index < -0.39 is 0 Å². The highest BCUT2D eigenvalue weighted by Crippen LogP contribution is 2.20. The van der Waals surface area contributed by atoms with Crippen LogP contribution in [0.1, 0.15) is 42.3 Å². The average Bonchev–Trinajstić information content (AvgIpc) is 2.75. The Morgan fingerprint density at radius 2 is 1.90 bits per heavy atom. The van der Waals surface area contributed by atoms with Crippen LogP contribution in [0.5, 0.6) is 0 Å². The van der Waals surface area contributed by atoms with Crippen LogP contribution in [0.3, 0.4) is 0 Å². The molecule has 2 aromatic heterocycles. The van der Waals surface area contributed by atoms with Crippen LogP contribution >= 0.6 is 0 Å². The lowest BCUT2D eigenvalue weighted by Crippen LogP contribution is -2.22. The van der Waals surface area contributed by atoms with Crippen molar-refractivity contribution in [2.24, 2.45) is 5.73 Å². The Balaban J connectivity index is 2.77. The third-order valence-corrected chi connectivity index (χ3v) is 3.17. The molecular formula is C13H19N7. The molecule has 0 aliphatic heterocycles. The number of hydrogen-bond donors (Lipinski definition) is 2. The second-order valence-electron chi connectivity index (χ2n) is 4.56. The van der Waals surface area contributed by atoms with Crippen molar-refractivity contribution in [3.8, 4) is 5.82 Å². The molecule has 0 aromatic carbocycles. The summed E-state index contributed by atoms with van der Waals surface area (Å²) in [6.07, 6.45) is 1.50. The van der Waals surface area contributed by atoms with Gasteiger partial charge in [0.25, 0.3) is 0 Å². The highest BCUT2D eigenvalue weighted by atomic mass is 15.4. The monoisotopic (exact) mass is 273 g/mol. The Labute approximate surface area is 117 Å². The Bertz CT molecular complexity index is 657. The second kappa shape index (κ2) is 5.36. The molecule has 0 unspecified atom stereocenters. The molecule has 2 heterocycles. The Hall–Kier alpha value is -2.31. The van der Waals surface area contributed by atoms with E-state index in [2.05, 4.69) is 20.3 Å². The smallest absolute Gasteiger partial charge is 0.188 e. The molecule has 0 amide bonds. The van der Waals surface area contributed by atoms with Crippen LogP contribution in [0.4, 0.5) is 0 Å². The fraction of sp³-hybridized carbons (Fsp3) is 0.462. The van der Waals surface area contributed by atoms with Gasteiger partial charge in [-0.3, -0.25) is 5.41 Å². The van der Waals surface area contributed by atoms with Crippen molar-refractivity contribution in [3.05, 3.63) is 28.5 Å². The molecular weight excluding hydrogens is 254 g/mol. The molecule has 0 atom stereocenters. The van der Waals surface area contributed by atoms with Crippen molar-refractivity contribution in [2.75, 3.05) is 0 Å². The molecule has 0 radical (unpaired) electrons. The predicted octanol–water partition coefficient (Wildman–Crippen LogP) is 1.08. The second-order valence-corrected chi connectivity index (χ2v) is 4.56. The number of hydrogen-bond acceptors (Lipinski definition) is 5. The van der Waals surface area contributed by atoms with Crippen LogP contribution in [-0.4, -0.2) is 30.8 Å². The summed E-state index contributed by atoms with van der Waals surface area (Å²) in [6.45, 7) is 7.68. The van der Waals surface area contributed by atoms with Gasteiger partial charge in [0.05, 0.1) is 11.3 Å². The van der Waals surface area contributed by atoms with Crippen LogP contribution in [0.15, 0.2) is 0 Å². The number of nitrogens with one attached hydrogen (secondary N) is 1. The zero-order valence-corrected chi connectivity index (χ0v) is 12.2. The normalized spacial score (nSPS) is 10.8. The van der Waals surface area contributed by atoms with Gasteiger partial charge in [0, 0.05) is 0 Å². The molecule has 0 saturated carbocycles. The molecule has 7 nitrogen and oxygen atoms in total. The third kappa shape index (κ3) is 2.26. The average molecular weight is 273 g/mol. The van der Waals surface area contributed by atoms with Gasteiger partial charge in [-0.15, -0.1) is 10.2 Å². The molecule has 20 heavy (non-hydrogen) atoms. The van der Waals surface area contributed by atoms with E-state index in [0.717, 1.165) is 24.1 Å². The lowest BCUT2D eigenvalue weighted by molar-refractivity contribution is 0.754. The third-order valence-electron chi connectivity index (χ3n) is 3.17. The molecule has 2 aromatic rings. The predicted molar refractivity (Wildman–Crippen MR) is 76.2 cm³/mol. The summed E-state index contributed by atoms with van der Waals surface area (Å²) in [4.78, 5) is 4.26. The molecule has 2 rings (SSSR count). The van der Waals surface area contributed by atoms with E-state index in [1.807, 2.05) is 27.7 Å². The van der Waals surface area contributed by atoms with Crippen molar-refractivity contribution in [1.29, 1.82) is 5.41 Å². The van der Waals surface area contributed by atoms with Crippen LogP contribution in [-0.2, 0) is 12.8 Å². The van der Waals surface area contributed by atoms with E-state index >= 15 is 0 Å². The zero-order chi connectivity index (χ0) is 14.9. The molecule has 3 N–H and O–H groups in total. The Morgan fingerprint density at radius 1 is 1.20 bits per heavy atom. The minimum Gasteiger partial charge on any atom is -0.384 e. The first kappa shape index (κ1) is 14.1. The molecule has 0 spiro atoms. The summed E-state index contributed by atoms with van der Waals surface area (Å²) in [5.74, 6) is 1.81. The van der Waals surface area contributed by atoms with Gasteiger partial charge in [-0.2, -0.15) is 9.78 Å². The van der Waals surface area contributed by atoms with E-state index in [1.54, 1.807) is 4.68 Å². The number of nitrogens with two attached hydrogens (primary N) is 1. The van der Waals surface area contributed by atoms with Crippen molar-refractivity contribution in [1.82, 2.24) is 25.0 Å². The molecule has 7 heteroatoms. The van der Waals surface area contributed by atoms with Crippen LogP contribution in [0.2, 0.25) is 0 Å². The van der Waals surface area contributed by atoms with Gasteiger partial charge in [-0.1, -0.05) is 13.8 Å². The topological polar surface area (TPSA) is 106 Å². The first-order valence-corrected chi connectivity index (χ1v) is 6.63. The number of aryl methyl sites for hydroxylation is 3. The number of amidine groups is 1. The number of nitrogen functional groups attached to an aromatic ring is 1. The van der Waals surface area contributed by atoms with E-state index in [-0.39, 0.29) is 5.84 Å². The molecule has 0 aliphatic carbocycles. The first-order chi connectivity index (χ1) is 9.49. The maximum absolute atomic E-state index is 7.87. The first-order valence-electron chi connectivity index (χ1n) is 6.63. The minimum atomic E-state index is -0.0194. The minimum absolute atomic E-state index is 0.0194. The van der Waals surface area contributed by atoms with Crippen molar-refractivity contribution >= 4 is 5.84 Å². The Kier molecular flexibility index (Phi) is 3.78. The van der Waals surface area contributed by atoms with Crippen LogP contribution < -0.4 is 5.73 Å². The molecule has 106 valence electrons. The number of rotatable bonds is 4. The van der Waals surface area contributed by atoms with Gasteiger partial charge in [0.1, 0.15) is 17.5 Å². The van der Waals surface area contributed by atoms with E-state index in [4.69, 9.17) is 11.1 Å². The lowest BCUT2D eigenvalue weighted by Gasteiger charge is -2.14. The van der Waals surface area contributed by atoms with E-state index in [0.29, 0.717) is 23.0 Å².